The van der Waals surface area contributed by atoms with Crippen LogP contribution in [0.4, 0.5) is 0 Å². The molecule has 210 valence electrons. The van der Waals surface area contributed by atoms with E-state index in [9.17, 15) is 10.2 Å². The zero-order valence-electron chi connectivity index (χ0n) is 23.0. The first-order valence-corrected chi connectivity index (χ1v) is 14.1. The minimum Gasteiger partial charge on any atom is -0.390 e. The highest BCUT2D eigenvalue weighted by atomic mass is 16.7. The summed E-state index contributed by atoms with van der Waals surface area (Å²) in [6, 6.07) is 0. The molecule has 0 bridgehead atoms. The van der Waals surface area contributed by atoms with Crippen LogP contribution >= 0.6 is 0 Å². The lowest BCUT2D eigenvalue weighted by molar-refractivity contribution is -0.313. The van der Waals surface area contributed by atoms with Gasteiger partial charge < -0.3 is 38.6 Å². The zero-order chi connectivity index (χ0) is 25.9. The van der Waals surface area contributed by atoms with E-state index in [4.69, 9.17) is 28.4 Å². The van der Waals surface area contributed by atoms with Crippen molar-refractivity contribution in [3.8, 4) is 0 Å². The van der Waals surface area contributed by atoms with Crippen molar-refractivity contribution in [2.24, 2.45) is 0 Å². The van der Waals surface area contributed by atoms with Gasteiger partial charge in [0.05, 0.1) is 18.8 Å². The van der Waals surface area contributed by atoms with Gasteiger partial charge in [-0.05, 0) is 38.5 Å². The minimum atomic E-state index is -1.33. The summed E-state index contributed by atoms with van der Waals surface area (Å²) in [5.74, 6) is 0. The monoisotopic (exact) mass is 506 g/mol. The van der Waals surface area contributed by atoms with Crippen molar-refractivity contribution >= 4 is 0 Å². The molecule has 0 aromatic heterocycles. The van der Waals surface area contributed by atoms with Crippen molar-refractivity contribution in [1.82, 2.24) is 0 Å². The average molecular weight is 507 g/mol. The van der Waals surface area contributed by atoms with Crippen LogP contribution in [0, 0.1) is 0 Å². The summed E-state index contributed by atoms with van der Waals surface area (Å²) in [6.45, 7) is 13.0. The van der Waals surface area contributed by atoms with E-state index in [0.717, 1.165) is 57.8 Å². The number of ether oxygens (including phenoxy) is 6. The molecule has 7 unspecified atom stereocenters. The highest BCUT2D eigenvalue weighted by molar-refractivity contribution is 4.85. The Labute approximate surface area is 213 Å². The second-order valence-corrected chi connectivity index (χ2v) is 9.36. The molecule has 2 N–H and O–H groups in total. The third-order valence-electron chi connectivity index (χ3n) is 6.24. The molecule has 35 heavy (non-hydrogen) atoms. The first-order chi connectivity index (χ1) is 17.0. The summed E-state index contributed by atoms with van der Waals surface area (Å²) >= 11 is 0. The Hall–Kier alpha value is -0.320. The highest BCUT2D eigenvalue weighted by Gasteiger charge is 2.42. The summed E-state index contributed by atoms with van der Waals surface area (Å²) in [7, 11) is 0. The molecular weight excluding hydrogens is 452 g/mol. The number of aliphatic hydroxyl groups excluding tert-OH is 2. The Morgan fingerprint density at radius 1 is 0.771 bits per heavy atom. The van der Waals surface area contributed by atoms with Gasteiger partial charge in [-0.15, -0.1) is 0 Å². The average Bonchev–Trinajstić information content (AvgIpc) is 2.85. The Bertz CT molecular complexity index is 480. The summed E-state index contributed by atoms with van der Waals surface area (Å²) in [5.41, 5.74) is 0. The normalized spacial score (nSPS) is 24.3. The number of rotatable bonds is 22. The number of aliphatic hydroxyl groups is 2. The Morgan fingerprint density at radius 2 is 1.31 bits per heavy atom. The standard InChI is InChI=1S/C27H54O8/c1-6-11-16-30-22(10-5)24(31-17-12-7-2)25(32-18-13-8-3)26(29)35-23-21(28)15-20-34-27(23)33-19-14-9-4/h21-29H,6-20H2,1-5H3. The fourth-order valence-electron chi connectivity index (χ4n) is 3.93. The third-order valence-corrected chi connectivity index (χ3v) is 6.24. The third kappa shape index (κ3) is 12.7. The molecule has 1 rings (SSSR count). The predicted molar refractivity (Wildman–Crippen MR) is 136 cm³/mol. The lowest BCUT2D eigenvalue weighted by Crippen LogP contribution is -2.55. The van der Waals surface area contributed by atoms with Gasteiger partial charge in [-0.3, -0.25) is 0 Å². The van der Waals surface area contributed by atoms with Gasteiger partial charge in [-0.2, -0.15) is 0 Å². The van der Waals surface area contributed by atoms with Crippen LogP contribution in [0.3, 0.4) is 0 Å². The van der Waals surface area contributed by atoms with Crippen LogP contribution in [0.5, 0.6) is 0 Å². The molecule has 1 saturated heterocycles. The lowest BCUT2D eigenvalue weighted by Gasteiger charge is -2.40. The maximum atomic E-state index is 11.3. The van der Waals surface area contributed by atoms with Gasteiger partial charge >= 0.3 is 0 Å². The smallest absolute Gasteiger partial charge is 0.186 e. The van der Waals surface area contributed by atoms with Crippen LogP contribution in [0.15, 0.2) is 0 Å². The molecule has 0 aromatic rings. The van der Waals surface area contributed by atoms with E-state index in [2.05, 4.69) is 34.6 Å². The van der Waals surface area contributed by atoms with E-state index < -0.39 is 37.0 Å². The molecule has 1 heterocycles. The lowest BCUT2D eigenvalue weighted by atomic mass is 10.0. The minimum absolute atomic E-state index is 0.243. The van der Waals surface area contributed by atoms with Crippen LogP contribution in [0.25, 0.3) is 0 Å². The molecule has 0 aliphatic carbocycles. The number of hydrogen-bond donors (Lipinski definition) is 2. The zero-order valence-corrected chi connectivity index (χ0v) is 23.0. The van der Waals surface area contributed by atoms with Crippen molar-refractivity contribution < 1.29 is 38.6 Å². The molecule has 0 aromatic carbocycles. The Balaban J connectivity index is 3.05. The van der Waals surface area contributed by atoms with Crippen molar-refractivity contribution in [2.45, 2.75) is 142 Å². The molecule has 8 heteroatoms. The van der Waals surface area contributed by atoms with Gasteiger partial charge in [0.15, 0.2) is 12.6 Å². The molecular formula is C27H54O8. The maximum Gasteiger partial charge on any atom is 0.186 e. The summed E-state index contributed by atoms with van der Waals surface area (Å²) in [5, 5.41) is 22.0. The second-order valence-electron chi connectivity index (χ2n) is 9.36. The molecule has 0 spiro atoms. The first kappa shape index (κ1) is 32.7. The van der Waals surface area contributed by atoms with Gasteiger partial charge in [0, 0.05) is 26.4 Å². The summed E-state index contributed by atoms with van der Waals surface area (Å²) in [4.78, 5) is 0. The molecule has 7 atom stereocenters. The second kappa shape index (κ2) is 20.7. The van der Waals surface area contributed by atoms with Crippen molar-refractivity contribution in [3.63, 3.8) is 0 Å². The van der Waals surface area contributed by atoms with Crippen LogP contribution in [-0.2, 0) is 28.4 Å². The Morgan fingerprint density at radius 3 is 1.89 bits per heavy atom. The van der Waals surface area contributed by atoms with E-state index in [1.807, 2.05) is 0 Å². The van der Waals surface area contributed by atoms with Crippen LogP contribution in [0.2, 0.25) is 0 Å². The maximum absolute atomic E-state index is 11.3. The highest BCUT2D eigenvalue weighted by Crippen LogP contribution is 2.25. The number of unbranched alkanes of at least 4 members (excludes halogenated alkanes) is 4. The van der Waals surface area contributed by atoms with Gasteiger partial charge in [0.1, 0.15) is 18.3 Å². The summed E-state index contributed by atoms with van der Waals surface area (Å²) in [6.07, 6.45) is 3.55. The van der Waals surface area contributed by atoms with Gasteiger partial charge in [0.2, 0.25) is 0 Å². The van der Waals surface area contributed by atoms with E-state index >= 15 is 0 Å². The molecule has 0 amide bonds. The van der Waals surface area contributed by atoms with E-state index in [0.29, 0.717) is 39.5 Å². The van der Waals surface area contributed by atoms with E-state index in [1.54, 1.807) is 0 Å². The molecule has 8 nitrogen and oxygen atoms in total. The van der Waals surface area contributed by atoms with Gasteiger partial charge in [-0.1, -0.05) is 60.3 Å². The first-order valence-electron chi connectivity index (χ1n) is 14.1. The molecule has 1 aliphatic rings. The Kier molecular flexibility index (Phi) is 19.3. The fraction of sp³-hybridized carbons (Fsp3) is 1.00. The quantitative estimate of drug-likeness (QED) is 0.163. The SMILES string of the molecule is CCCCOC(CC)C(OCCCC)C(OCCCC)C(O)OC1C(O)CCOC1OCCCC. The van der Waals surface area contributed by atoms with Crippen LogP contribution in [0.1, 0.15) is 98.8 Å². The predicted octanol–water partition coefficient (Wildman–Crippen LogP) is 4.58. The van der Waals surface area contributed by atoms with Crippen LogP contribution in [-0.4, -0.2) is 86.3 Å². The van der Waals surface area contributed by atoms with E-state index in [1.165, 1.54) is 0 Å². The van der Waals surface area contributed by atoms with Gasteiger partial charge in [0.25, 0.3) is 0 Å². The largest absolute Gasteiger partial charge is 0.390 e. The summed E-state index contributed by atoms with van der Waals surface area (Å²) < 4.78 is 36.3. The fourth-order valence-corrected chi connectivity index (χ4v) is 3.93. The molecule has 1 fully saturated rings. The van der Waals surface area contributed by atoms with Crippen molar-refractivity contribution in [2.75, 3.05) is 33.0 Å². The van der Waals surface area contributed by atoms with Gasteiger partial charge in [-0.25, -0.2) is 0 Å². The topological polar surface area (TPSA) is 95.8 Å². The van der Waals surface area contributed by atoms with E-state index in [-0.39, 0.29) is 6.10 Å². The molecule has 1 aliphatic heterocycles. The molecule has 0 saturated carbocycles. The molecule has 0 radical (unpaired) electrons. The van der Waals surface area contributed by atoms with Crippen molar-refractivity contribution in [3.05, 3.63) is 0 Å². The van der Waals surface area contributed by atoms with Crippen LogP contribution < -0.4 is 0 Å². The number of hydrogen-bond acceptors (Lipinski definition) is 8. The van der Waals surface area contributed by atoms with Crippen molar-refractivity contribution in [1.29, 1.82) is 0 Å².